The van der Waals surface area contributed by atoms with Crippen molar-refractivity contribution in [3.05, 3.63) is 23.7 Å². The molecule has 0 radical (unpaired) electrons. The van der Waals surface area contributed by atoms with E-state index < -0.39 is 15.8 Å². The molecule has 0 aromatic carbocycles. The highest BCUT2D eigenvalue weighted by molar-refractivity contribution is 8.00. The van der Waals surface area contributed by atoms with Crippen LogP contribution in [0.15, 0.2) is 16.5 Å². The van der Waals surface area contributed by atoms with E-state index in [1.165, 1.54) is 25.1 Å². The second kappa shape index (κ2) is 6.29. The van der Waals surface area contributed by atoms with Gasteiger partial charge in [-0.15, -0.1) is 11.8 Å². The van der Waals surface area contributed by atoms with Gasteiger partial charge in [-0.25, -0.2) is 13.2 Å². The molecule has 0 aliphatic carbocycles. The Morgan fingerprint density at radius 3 is 2.72 bits per heavy atom. The Kier molecular flexibility index (Phi) is 5.28. The van der Waals surface area contributed by atoms with Crippen molar-refractivity contribution in [3.63, 3.8) is 0 Å². The Balaban J connectivity index is 2.54. The zero-order valence-corrected chi connectivity index (χ0v) is 12.1. The summed E-state index contributed by atoms with van der Waals surface area (Å²) in [6, 6.07) is 3.25. The van der Waals surface area contributed by atoms with Gasteiger partial charge in [0.05, 0.1) is 18.1 Å². The number of hydrogen-bond donors (Lipinski definition) is 0. The number of methoxy groups -OCH3 is 1. The second-order valence-corrected chi connectivity index (χ2v) is 7.54. The van der Waals surface area contributed by atoms with Gasteiger partial charge in [-0.3, -0.25) is 0 Å². The fourth-order valence-corrected chi connectivity index (χ4v) is 3.48. The van der Waals surface area contributed by atoms with Crippen molar-refractivity contribution in [2.24, 2.45) is 0 Å². The molecule has 1 unspecified atom stereocenters. The van der Waals surface area contributed by atoms with Gasteiger partial charge in [-0.2, -0.15) is 0 Å². The average molecular weight is 292 g/mol. The molecule has 0 spiro atoms. The van der Waals surface area contributed by atoms with Gasteiger partial charge in [0.25, 0.3) is 0 Å². The molecule has 0 saturated heterocycles. The van der Waals surface area contributed by atoms with Crippen LogP contribution in [-0.4, -0.2) is 39.3 Å². The quantitative estimate of drug-likeness (QED) is 0.746. The van der Waals surface area contributed by atoms with E-state index in [1.54, 1.807) is 12.1 Å². The Morgan fingerprint density at radius 2 is 2.17 bits per heavy atom. The van der Waals surface area contributed by atoms with Crippen LogP contribution in [0.25, 0.3) is 0 Å². The molecule has 102 valence electrons. The first kappa shape index (κ1) is 15.1. The Hall–Kier alpha value is -0.950. The Morgan fingerprint density at radius 1 is 1.50 bits per heavy atom. The number of thioether (sulfide) groups is 1. The fraction of sp³-hybridized carbons (Fsp3) is 0.545. The maximum absolute atomic E-state index is 11.2. The summed E-state index contributed by atoms with van der Waals surface area (Å²) in [7, 11) is -1.65. The summed E-state index contributed by atoms with van der Waals surface area (Å²) in [6.45, 7) is 1.90. The normalized spacial score (nSPS) is 13.3. The second-order valence-electron chi connectivity index (χ2n) is 3.84. The van der Waals surface area contributed by atoms with Crippen LogP contribution in [0.5, 0.6) is 0 Å². The predicted molar refractivity (Wildman–Crippen MR) is 70.6 cm³/mol. The lowest BCUT2D eigenvalue weighted by Crippen LogP contribution is -2.06. The summed E-state index contributed by atoms with van der Waals surface area (Å²) in [5.74, 6) is 0.896. The van der Waals surface area contributed by atoms with Crippen LogP contribution in [0.1, 0.15) is 28.5 Å². The Bertz CT molecular complexity index is 503. The number of carbonyl (C=O) groups is 1. The number of furan rings is 1. The standard InChI is InChI=1S/C11H16O5S2/c1-8(17-6-7-18(3,13)14)9-4-5-10(16-9)11(12)15-2/h4-5,8H,6-7H2,1-3H3. The van der Waals surface area contributed by atoms with Crippen LogP contribution in [0.3, 0.4) is 0 Å². The van der Waals surface area contributed by atoms with Crippen LogP contribution in [0.4, 0.5) is 0 Å². The first-order valence-corrected chi connectivity index (χ1v) is 8.42. The third-order valence-electron chi connectivity index (χ3n) is 2.24. The zero-order valence-electron chi connectivity index (χ0n) is 10.5. The van der Waals surface area contributed by atoms with Gasteiger partial charge in [-0.05, 0) is 19.1 Å². The summed E-state index contributed by atoms with van der Waals surface area (Å²) in [4.78, 5) is 11.2. The maximum atomic E-state index is 11.2. The fourth-order valence-electron chi connectivity index (χ4n) is 1.24. The largest absolute Gasteiger partial charge is 0.463 e. The number of carbonyl (C=O) groups excluding carboxylic acids is 1. The number of rotatable bonds is 6. The topological polar surface area (TPSA) is 73.6 Å². The van der Waals surface area contributed by atoms with E-state index in [9.17, 15) is 13.2 Å². The van der Waals surface area contributed by atoms with Crippen molar-refractivity contribution in [2.45, 2.75) is 12.2 Å². The lowest BCUT2D eigenvalue weighted by Gasteiger charge is -2.07. The molecule has 0 bridgehead atoms. The molecule has 1 heterocycles. The van der Waals surface area contributed by atoms with Gasteiger partial charge < -0.3 is 9.15 Å². The van der Waals surface area contributed by atoms with E-state index in [-0.39, 0.29) is 16.8 Å². The van der Waals surface area contributed by atoms with E-state index in [2.05, 4.69) is 4.74 Å². The summed E-state index contributed by atoms with van der Waals surface area (Å²) in [5, 5.41) is -0.00911. The van der Waals surface area contributed by atoms with Crippen LogP contribution in [0, 0.1) is 0 Å². The molecular weight excluding hydrogens is 276 g/mol. The molecule has 5 nitrogen and oxygen atoms in total. The predicted octanol–water partition coefficient (Wildman–Crippen LogP) is 1.91. The van der Waals surface area contributed by atoms with Gasteiger partial charge in [0, 0.05) is 12.0 Å². The van der Waals surface area contributed by atoms with E-state index in [0.717, 1.165) is 0 Å². The van der Waals surface area contributed by atoms with Crippen LogP contribution >= 0.6 is 11.8 Å². The van der Waals surface area contributed by atoms with Crippen molar-refractivity contribution in [1.82, 2.24) is 0 Å². The van der Waals surface area contributed by atoms with E-state index in [1.807, 2.05) is 6.92 Å². The highest BCUT2D eigenvalue weighted by Crippen LogP contribution is 2.29. The minimum Gasteiger partial charge on any atom is -0.463 e. The third-order valence-corrected chi connectivity index (χ3v) is 4.61. The molecule has 1 atom stereocenters. The smallest absolute Gasteiger partial charge is 0.373 e. The molecule has 0 N–H and O–H groups in total. The van der Waals surface area contributed by atoms with Crippen molar-refractivity contribution in [3.8, 4) is 0 Å². The van der Waals surface area contributed by atoms with Crippen LogP contribution in [-0.2, 0) is 14.6 Å². The monoisotopic (exact) mass is 292 g/mol. The van der Waals surface area contributed by atoms with Crippen molar-refractivity contribution >= 4 is 27.6 Å². The number of sulfone groups is 1. The van der Waals surface area contributed by atoms with Gasteiger partial charge in [0.2, 0.25) is 5.76 Å². The Labute approximate surface area is 111 Å². The van der Waals surface area contributed by atoms with Crippen LogP contribution in [0.2, 0.25) is 0 Å². The van der Waals surface area contributed by atoms with E-state index in [0.29, 0.717) is 11.5 Å². The molecule has 0 fully saturated rings. The molecule has 0 amide bonds. The molecule has 7 heteroatoms. The molecule has 18 heavy (non-hydrogen) atoms. The number of ether oxygens (including phenoxy) is 1. The number of hydrogen-bond acceptors (Lipinski definition) is 6. The van der Waals surface area contributed by atoms with E-state index >= 15 is 0 Å². The van der Waals surface area contributed by atoms with Gasteiger partial charge in [-0.1, -0.05) is 0 Å². The highest BCUT2D eigenvalue weighted by atomic mass is 32.2. The molecular formula is C11H16O5S2. The lowest BCUT2D eigenvalue weighted by atomic mass is 10.3. The van der Waals surface area contributed by atoms with Crippen molar-refractivity contribution in [2.75, 3.05) is 24.9 Å². The first-order chi connectivity index (χ1) is 8.33. The summed E-state index contributed by atoms with van der Waals surface area (Å²) in [5.41, 5.74) is 0. The summed E-state index contributed by atoms with van der Waals surface area (Å²) in [6.07, 6.45) is 1.21. The van der Waals surface area contributed by atoms with Gasteiger partial charge in [0.15, 0.2) is 0 Å². The zero-order chi connectivity index (χ0) is 13.8. The first-order valence-electron chi connectivity index (χ1n) is 5.31. The van der Waals surface area contributed by atoms with Crippen molar-refractivity contribution < 1.29 is 22.4 Å². The van der Waals surface area contributed by atoms with Crippen LogP contribution < -0.4 is 0 Å². The average Bonchev–Trinajstić information content (AvgIpc) is 2.75. The molecule has 1 aromatic rings. The molecule has 0 saturated carbocycles. The highest BCUT2D eigenvalue weighted by Gasteiger charge is 2.16. The van der Waals surface area contributed by atoms with E-state index in [4.69, 9.17) is 4.42 Å². The minimum atomic E-state index is -2.94. The molecule has 1 rings (SSSR count). The lowest BCUT2D eigenvalue weighted by molar-refractivity contribution is 0.0563. The molecule has 0 aliphatic heterocycles. The number of esters is 1. The summed E-state index contributed by atoms with van der Waals surface area (Å²) < 4.78 is 31.8. The molecule has 1 aromatic heterocycles. The SMILES string of the molecule is COC(=O)c1ccc(C(C)SCCS(C)(=O)=O)o1. The van der Waals surface area contributed by atoms with Gasteiger partial charge in [0.1, 0.15) is 15.6 Å². The maximum Gasteiger partial charge on any atom is 0.373 e. The minimum absolute atomic E-state index is 0.00911. The molecule has 0 aliphatic rings. The van der Waals surface area contributed by atoms with Gasteiger partial charge >= 0.3 is 5.97 Å². The summed E-state index contributed by atoms with van der Waals surface area (Å²) >= 11 is 1.46. The van der Waals surface area contributed by atoms with Crippen molar-refractivity contribution in [1.29, 1.82) is 0 Å². The third kappa shape index (κ3) is 4.73.